The molecule has 0 aromatic rings. The fourth-order valence-electron chi connectivity index (χ4n) is 8.10. The van der Waals surface area contributed by atoms with E-state index in [4.69, 9.17) is 9.05 Å². The van der Waals surface area contributed by atoms with Gasteiger partial charge in [0, 0.05) is 6.42 Å². The Morgan fingerprint density at radius 3 is 1.22 bits per heavy atom. The third-order valence-electron chi connectivity index (χ3n) is 12.4. The zero-order valence-corrected chi connectivity index (χ0v) is 43.5. The molecule has 9 heteroatoms. The maximum Gasteiger partial charge on any atom is 0.472 e. The van der Waals surface area contributed by atoms with Crippen LogP contribution in [0, 0.1) is 0 Å². The molecular weight excluding hydrogens is 804 g/mol. The van der Waals surface area contributed by atoms with Crippen LogP contribution in [0.3, 0.4) is 0 Å². The first-order chi connectivity index (χ1) is 30.5. The molecule has 0 aliphatic heterocycles. The molecule has 0 rings (SSSR count). The SMILES string of the molecule is CCCCCCCCCC/C=C\CCCCCCCCCC(=O)NC(COP(=O)(O)OCC[N+](C)(C)C)C(O)/C=C/CCCCCCCCCCCCCCCCCCCCCC. The zero-order chi connectivity index (χ0) is 46.4. The lowest BCUT2D eigenvalue weighted by molar-refractivity contribution is -0.870. The van der Waals surface area contributed by atoms with Gasteiger partial charge < -0.3 is 19.8 Å². The van der Waals surface area contributed by atoms with Crippen molar-refractivity contribution in [3.8, 4) is 0 Å². The number of phosphoric acid groups is 1. The second-order valence-electron chi connectivity index (χ2n) is 20.0. The number of aliphatic hydroxyl groups excluding tert-OH is 1. The Labute approximate surface area is 392 Å². The Bertz CT molecular complexity index is 1080. The van der Waals surface area contributed by atoms with Crippen LogP contribution in [0.1, 0.15) is 264 Å². The number of likely N-dealkylation sites (N-methyl/N-ethyl adjacent to an activating group) is 1. The fourth-order valence-corrected chi connectivity index (χ4v) is 8.83. The lowest BCUT2D eigenvalue weighted by Crippen LogP contribution is -2.45. The highest BCUT2D eigenvalue weighted by atomic mass is 31.2. The summed E-state index contributed by atoms with van der Waals surface area (Å²) >= 11 is 0. The molecule has 0 fully saturated rings. The Balaban J connectivity index is 4.26. The van der Waals surface area contributed by atoms with E-state index in [1.54, 1.807) is 6.08 Å². The molecule has 0 aliphatic carbocycles. The van der Waals surface area contributed by atoms with Crippen molar-refractivity contribution in [1.29, 1.82) is 0 Å². The minimum absolute atomic E-state index is 0.0622. The van der Waals surface area contributed by atoms with E-state index >= 15 is 0 Å². The number of amides is 1. The number of hydrogen-bond donors (Lipinski definition) is 3. The van der Waals surface area contributed by atoms with Crippen molar-refractivity contribution >= 4 is 13.7 Å². The normalized spacial score (nSPS) is 14.2. The van der Waals surface area contributed by atoms with Gasteiger partial charge in [-0.3, -0.25) is 13.8 Å². The maximum atomic E-state index is 12.9. The van der Waals surface area contributed by atoms with Crippen LogP contribution in [0.2, 0.25) is 0 Å². The van der Waals surface area contributed by atoms with Gasteiger partial charge in [-0.2, -0.15) is 0 Å². The summed E-state index contributed by atoms with van der Waals surface area (Å²) in [4.78, 5) is 23.2. The summed E-state index contributed by atoms with van der Waals surface area (Å²) in [6.45, 7) is 4.84. The number of hydrogen-bond acceptors (Lipinski definition) is 5. The monoisotopic (exact) mass is 912 g/mol. The molecule has 3 atom stereocenters. The Morgan fingerprint density at radius 2 is 0.857 bits per heavy atom. The summed E-state index contributed by atoms with van der Waals surface area (Å²) in [7, 11) is 1.58. The number of phosphoric ester groups is 1. The maximum absolute atomic E-state index is 12.9. The first kappa shape index (κ1) is 62.0. The molecule has 3 unspecified atom stereocenters. The quantitative estimate of drug-likeness (QED) is 0.0243. The summed E-state index contributed by atoms with van der Waals surface area (Å²) in [5, 5.41) is 13.9. The molecule has 63 heavy (non-hydrogen) atoms. The molecule has 0 saturated carbocycles. The number of quaternary nitrogens is 1. The summed E-state index contributed by atoms with van der Waals surface area (Å²) in [6.07, 6.45) is 56.9. The van der Waals surface area contributed by atoms with E-state index in [9.17, 15) is 19.4 Å². The summed E-state index contributed by atoms with van der Waals surface area (Å²) in [6, 6.07) is -0.847. The summed E-state index contributed by atoms with van der Waals surface area (Å²) in [5.74, 6) is -0.178. The number of rotatable bonds is 50. The number of nitrogens with zero attached hydrogens (tertiary/aromatic N) is 1. The van der Waals surface area contributed by atoms with Crippen molar-refractivity contribution in [2.45, 2.75) is 276 Å². The first-order valence-corrected chi connectivity index (χ1v) is 28.7. The van der Waals surface area contributed by atoms with E-state index < -0.39 is 20.0 Å². The van der Waals surface area contributed by atoms with Gasteiger partial charge in [-0.25, -0.2) is 4.57 Å². The summed E-state index contributed by atoms with van der Waals surface area (Å²) < 4.78 is 23.7. The third-order valence-corrected chi connectivity index (χ3v) is 13.4. The van der Waals surface area contributed by atoms with E-state index in [1.165, 1.54) is 205 Å². The van der Waals surface area contributed by atoms with Crippen molar-refractivity contribution in [2.24, 2.45) is 0 Å². The van der Waals surface area contributed by atoms with Crippen molar-refractivity contribution in [3.05, 3.63) is 24.3 Å². The molecule has 0 bridgehead atoms. The minimum atomic E-state index is -4.34. The highest BCUT2D eigenvalue weighted by Gasteiger charge is 2.27. The molecule has 0 aliphatic rings. The van der Waals surface area contributed by atoms with Gasteiger partial charge >= 0.3 is 7.82 Å². The Morgan fingerprint density at radius 1 is 0.524 bits per heavy atom. The van der Waals surface area contributed by atoms with E-state index in [1.807, 2.05) is 27.2 Å². The highest BCUT2D eigenvalue weighted by molar-refractivity contribution is 7.47. The van der Waals surface area contributed by atoms with E-state index in [0.29, 0.717) is 17.4 Å². The average Bonchev–Trinajstić information content (AvgIpc) is 3.24. The number of unbranched alkanes of at least 4 members (excludes halogenated alkanes) is 35. The number of nitrogens with one attached hydrogen (secondary N) is 1. The van der Waals surface area contributed by atoms with Crippen LogP contribution >= 0.6 is 7.82 Å². The second-order valence-corrected chi connectivity index (χ2v) is 21.4. The predicted octanol–water partition coefficient (Wildman–Crippen LogP) is 16.0. The Hall–Kier alpha value is -1.02. The van der Waals surface area contributed by atoms with Crippen LogP contribution in [-0.2, 0) is 18.4 Å². The van der Waals surface area contributed by atoms with E-state index in [2.05, 4.69) is 31.3 Å². The van der Waals surface area contributed by atoms with Gasteiger partial charge in [-0.05, 0) is 44.9 Å². The van der Waals surface area contributed by atoms with Gasteiger partial charge in [0.05, 0.1) is 39.9 Å². The average molecular weight is 912 g/mol. The van der Waals surface area contributed by atoms with Gasteiger partial charge in [0.1, 0.15) is 13.2 Å². The number of carbonyl (C=O) groups is 1. The lowest BCUT2D eigenvalue weighted by atomic mass is 10.0. The molecule has 0 aromatic carbocycles. The predicted molar refractivity (Wildman–Crippen MR) is 272 cm³/mol. The molecule has 3 N–H and O–H groups in total. The van der Waals surface area contributed by atoms with Crippen LogP contribution < -0.4 is 5.32 Å². The molecule has 0 spiro atoms. The van der Waals surface area contributed by atoms with Gasteiger partial charge in [0.25, 0.3) is 0 Å². The molecule has 0 aromatic heterocycles. The van der Waals surface area contributed by atoms with Crippen LogP contribution in [0.4, 0.5) is 0 Å². The van der Waals surface area contributed by atoms with E-state index in [-0.39, 0.29) is 19.1 Å². The second kappa shape index (κ2) is 46.1. The summed E-state index contributed by atoms with van der Waals surface area (Å²) in [5.41, 5.74) is 0. The van der Waals surface area contributed by atoms with Crippen molar-refractivity contribution in [2.75, 3.05) is 40.9 Å². The molecule has 0 radical (unpaired) electrons. The molecule has 8 nitrogen and oxygen atoms in total. The third kappa shape index (κ3) is 48.7. The smallest absolute Gasteiger partial charge is 0.387 e. The van der Waals surface area contributed by atoms with Gasteiger partial charge in [0.15, 0.2) is 0 Å². The number of carbonyl (C=O) groups excluding carboxylic acids is 1. The standard InChI is InChI=1S/C54H107N2O6P/c1-6-8-10-12-14-16-18-20-22-24-26-27-28-30-31-33-35-37-39-41-43-45-47-53(57)52(51-62-63(59,60)61-50-49-56(3,4)5)55-54(58)48-46-44-42-40-38-36-34-32-29-25-23-21-19-17-15-13-11-9-7-2/h25,29,45,47,52-53,57H,6-24,26-28,30-44,46,48-51H2,1-5H3,(H-,55,58,59,60)/p+1/b29-25-,47-45+. The number of aliphatic hydroxyl groups is 1. The molecule has 1 amide bonds. The van der Waals surface area contributed by atoms with Crippen molar-refractivity contribution in [3.63, 3.8) is 0 Å². The van der Waals surface area contributed by atoms with E-state index in [0.717, 1.165) is 38.5 Å². The molecule has 0 heterocycles. The van der Waals surface area contributed by atoms with Crippen LogP contribution in [-0.4, -0.2) is 73.4 Å². The van der Waals surface area contributed by atoms with Crippen LogP contribution in [0.25, 0.3) is 0 Å². The van der Waals surface area contributed by atoms with Crippen LogP contribution in [0.15, 0.2) is 24.3 Å². The van der Waals surface area contributed by atoms with Crippen LogP contribution in [0.5, 0.6) is 0 Å². The Kier molecular flexibility index (Phi) is 45.4. The highest BCUT2D eigenvalue weighted by Crippen LogP contribution is 2.43. The van der Waals surface area contributed by atoms with Gasteiger partial charge in [-0.15, -0.1) is 0 Å². The largest absolute Gasteiger partial charge is 0.472 e. The fraction of sp³-hybridized carbons (Fsp3) is 0.907. The van der Waals surface area contributed by atoms with Gasteiger partial charge in [0.2, 0.25) is 5.91 Å². The van der Waals surface area contributed by atoms with Crippen molar-refractivity contribution < 1.29 is 32.9 Å². The lowest BCUT2D eigenvalue weighted by Gasteiger charge is -2.25. The molecule has 0 saturated heterocycles. The molecule has 374 valence electrons. The zero-order valence-electron chi connectivity index (χ0n) is 42.6. The first-order valence-electron chi connectivity index (χ1n) is 27.2. The number of allylic oxidation sites excluding steroid dienone is 3. The van der Waals surface area contributed by atoms with Gasteiger partial charge in [-0.1, -0.05) is 237 Å². The minimum Gasteiger partial charge on any atom is -0.387 e. The van der Waals surface area contributed by atoms with Crippen molar-refractivity contribution in [1.82, 2.24) is 5.32 Å². The topological polar surface area (TPSA) is 105 Å². The molecular formula is C54H108N2O6P+.